The topological polar surface area (TPSA) is 58.6 Å². The first-order chi connectivity index (χ1) is 11.0. The third-order valence-corrected chi connectivity index (χ3v) is 5.62. The molecule has 0 unspecified atom stereocenters. The van der Waals surface area contributed by atoms with Gasteiger partial charge in [0.15, 0.2) is 0 Å². The van der Waals surface area contributed by atoms with E-state index in [4.69, 9.17) is 4.74 Å². The van der Waals surface area contributed by atoms with E-state index in [0.717, 1.165) is 18.4 Å². The molecule has 0 aliphatic carbocycles. The van der Waals surface area contributed by atoms with Crippen LogP contribution < -0.4 is 5.32 Å². The van der Waals surface area contributed by atoms with E-state index in [0.29, 0.717) is 26.3 Å². The summed E-state index contributed by atoms with van der Waals surface area (Å²) in [5, 5.41) is 6.82. The van der Waals surface area contributed by atoms with Gasteiger partial charge in [0.25, 0.3) is 5.91 Å². The lowest BCUT2D eigenvalue weighted by Crippen LogP contribution is -2.46. The van der Waals surface area contributed by atoms with Crippen molar-refractivity contribution in [3.8, 4) is 0 Å². The maximum Gasteiger partial charge on any atom is 0.254 e. The zero-order valence-electron chi connectivity index (χ0n) is 13.7. The van der Waals surface area contributed by atoms with Crippen molar-refractivity contribution >= 4 is 23.2 Å². The molecule has 0 aromatic carbocycles. The highest BCUT2D eigenvalue weighted by Gasteiger charge is 2.51. The number of ether oxygens (including phenoxy) is 1. The Morgan fingerprint density at radius 2 is 2.13 bits per heavy atom. The van der Waals surface area contributed by atoms with E-state index in [9.17, 15) is 9.59 Å². The van der Waals surface area contributed by atoms with E-state index < -0.39 is 0 Å². The fraction of sp³-hybridized carbons (Fsp3) is 0.647. The molecule has 6 heteroatoms. The van der Waals surface area contributed by atoms with Crippen molar-refractivity contribution in [2.45, 2.75) is 32.7 Å². The molecule has 3 heterocycles. The van der Waals surface area contributed by atoms with Crippen LogP contribution in [0.3, 0.4) is 0 Å². The molecule has 0 saturated carbocycles. The van der Waals surface area contributed by atoms with Crippen molar-refractivity contribution in [3.05, 3.63) is 22.4 Å². The second kappa shape index (κ2) is 6.61. The van der Waals surface area contributed by atoms with Crippen LogP contribution in [0.25, 0.3) is 0 Å². The summed E-state index contributed by atoms with van der Waals surface area (Å²) < 4.78 is 5.50. The lowest BCUT2D eigenvalue weighted by molar-refractivity contribution is -0.130. The number of likely N-dealkylation sites (tertiary alicyclic amines) is 1. The number of nitrogens with zero attached hydrogens (tertiary/aromatic N) is 1. The summed E-state index contributed by atoms with van der Waals surface area (Å²) in [6.07, 6.45) is 1.69. The molecule has 3 rings (SSSR count). The van der Waals surface area contributed by atoms with Gasteiger partial charge in [-0.2, -0.15) is 11.3 Å². The molecule has 5 nitrogen and oxygen atoms in total. The van der Waals surface area contributed by atoms with E-state index in [1.165, 1.54) is 11.3 Å². The highest BCUT2D eigenvalue weighted by molar-refractivity contribution is 7.08. The Bertz CT molecular complexity index is 564. The summed E-state index contributed by atoms with van der Waals surface area (Å²) in [6, 6.07) is 1.96. The fourth-order valence-electron chi connectivity index (χ4n) is 3.72. The van der Waals surface area contributed by atoms with Crippen LogP contribution in [0.1, 0.15) is 37.0 Å². The van der Waals surface area contributed by atoms with Crippen LogP contribution in [-0.4, -0.2) is 49.1 Å². The van der Waals surface area contributed by atoms with Gasteiger partial charge in [-0.1, -0.05) is 0 Å². The molecule has 1 atom stereocenters. The Labute approximate surface area is 141 Å². The average Bonchev–Trinajstić information content (AvgIpc) is 3.15. The van der Waals surface area contributed by atoms with Crippen LogP contribution in [0.4, 0.5) is 0 Å². The zero-order valence-corrected chi connectivity index (χ0v) is 14.5. The van der Waals surface area contributed by atoms with Crippen molar-refractivity contribution in [2.24, 2.45) is 11.3 Å². The second-order valence-electron chi connectivity index (χ2n) is 6.89. The Balaban J connectivity index is 1.81. The normalized spacial score (nSPS) is 23.4. The van der Waals surface area contributed by atoms with Crippen LogP contribution >= 0.6 is 11.3 Å². The number of nitrogens with one attached hydrogen (secondary N) is 1. The van der Waals surface area contributed by atoms with Crippen LogP contribution in [0, 0.1) is 11.3 Å². The summed E-state index contributed by atoms with van der Waals surface area (Å²) in [5.41, 5.74) is 0.588. The summed E-state index contributed by atoms with van der Waals surface area (Å²) in [6.45, 7) is 6.45. The van der Waals surface area contributed by atoms with Gasteiger partial charge in [0.05, 0.1) is 11.5 Å². The number of carbonyl (C=O) groups is 2. The molecule has 0 radical (unpaired) electrons. The van der Waals surface area contributed by atoms with Gasteiger partial charge >= 0.3 is 0 Å². The smallest absolute Gasteiger partial charge is 0.254 e. The van der Waals surface area contributed by atoms with Gasteiger partial charge < -0.3 is 15.0 Å². The van der Waals surface area contributed by atoms with E-state index >= 15 is 0 Å². The van der Waals surface area contributed by atoms with Gasteiger partial charge in [-0.3, -0.25) is 9.59 Å². The molecule has 0 bridgehead atoms. The highest BCUT2D eigenvalue weighted by atomic mass is 32.1. The molecule has 126 valence electrons. The van der Waals surface area contributed by atoms with Crippen LogP contribution in [0.2, 0.25) is 0 Å². The molecule has 2 fully saturated rings. The molecule has 2 aliphatic rings. The van der Waals surface area contributed by atoms with Gasteiger partial charge in [-0.05, 0) is 38.1 Å². The third-order valence-electron chi connectivity index (χ3n) is 4.94. The molecule has 1 aromatic rings. The third kappa shape index (κ3) is 3.28. The largest absolute Gasteiger partial charge is 0.381 e. The van der Waals surface area contributed by atoms with E-state index in [1.807, 2.05) is 35.6 Å². The predicted octanol–water partition coefficient (Wildman–Crippen LogP) is 2.14. The number of carbonyl (C=O) groups excluding carboxylic acids is 2. The Hall–Kier alpha value is -1.40. The fourth-order valence-corrected chi connectivity index (χ4v) is 4.35. The Morgan fingerprint density at radius 1 is 1.39 bits per heavy atom. The first-order valence-corrected chi connectivity index (χ1v) is 9.16. The van der Waals surface area contributed by atoms with Crippen molar-refractivity contribution in [3.63, 3.8) is 0 Å². The standard InChI is InChI=1S/C17H24N2O3S/c1-12(2)18-15(20)14-9-19(16(21)13-3-8-23-10-13)11-17(14)4-6-22-7-5-17/h3,8,10,12,14H,4-7,9,11H2,1-2H3,(H,18,20)/t14-/m0/s1. The summed E-state index contributed by atoms with van der Waals surface area (Å²) >= 11 is 1.52. The molecular weight excluding hydrogens is 312 g/mol. The molecule has 2 aliphatic heterocycles. The quantitative estimate of drug-likeness (QED) is 0.920. The highest BCUT2D eigenvalue weighted by Crippen LogP contribution is 2.44. The number of thiophene rings is 1. The van der Waals surface area contributed by atoms with Crippen LogP contribution in [0.5, 0.6) is 0 Å². The lowest BCUT2D eigenvalue weighted by Gasteiger charge is -2.37. The number of hydrogen-bond donors (Lipinski definition) is 1. The molecule has 2 amide bonds. The first-order valence-electron chi connectivity index (χ1n) is 8.21. The molecule has 1 N–H and O–H groups in total. The maximum absolute atomic E-state index is 12.7. The van der Waals surface area contributed by atoms with Crippen molar-refractivity contribution < 1.29 is 14.3 Å². The van der Waals surface area contributed by atoms with E-state index in [2.05, 4.69) is 5.32 Å². The molecule has 2 saturated heterocycles. The van der Waals surface area contributed by atoms with Gasteiger partial charge in [-0.15, -0.1) is 0 Å². The maximum atomic E-state index is 12.7. The molecule has 1 aromatic heterocycles. The lowest BCUT2D eigenvalue weighted by atomic mass is 9.71. The number of hydrogen-bond acceptors (Lipinski definition) is 4. The Kier molecular flexibility index (Phi) is 4.73. The molecular formula is C17H24N2O3S. The number of amides is 2. The minimum absolute atomic E-state index is 0.0389. The molecule has 23 heavy (non-hydrogen) atoms. The second-order valence-corrected chi connectivity index (χ2v) is 7.67. The van der Waals surface area contributed by atoms with Crippen molar-refractivity contribution in [1.29, 1.82) is 0 Å². The first kappa shape index (κ1) is 16.5. The van der Waals surface area contributed by atoms with Gasteiger partial charge in [0, 0.05) is 43.1 Å². The predicted molar refractivity (Wildman–Crippen MR) is 89.5 cm³/mol. The Morgan fingerprint density at radius 3 is 2.74 bits per heavy atom. The van der Waals surface area contributed by atoms with E-state index in [-0.39, 0.29) is 29.2 Å². The minimum atomic E-state index is -0.142. The van der Waals surface area contributed by atoms with Crippen molar-refractivity contribution in [1.82, 2.24) is 10.2 Å². The monoisotopic (exact) mass is 336 g/mol. The van der Waals surface area contributed by atoms with Crippen LogP contribution in [-0.2, 0) is 9.53 Å². The summed E-state index contributed by atoms with van der Waals surface area (Å²) in [5.74, 6) is -0.0316. The zero-order chi connectivity index (χ0) is 16.4. The van der Waals surface area contributed by atoms with Crippen molar-refractivity contribution in [2.75, 3.05) is 26.3 Å². The van der Waals surface area contributed by atoms with Gasteiger partial charge in [-0.25, -0.2) is 0 Å². The summed E-state index contributed by atoms with van der Waals surface area (Å²) in [7, 11) is 0. The summed E-state index contributed by atoms with van der Waals surface area (Å²) in [4.78, 5) is 27.2. The van der Waals surface area contributed by atoms with Crippen LogP contribution in [0.15, 0.2) is 16.8 Å². The molecule has 1 spiro atoms. The van der Waals surface area contributed by atoms with Gasteiger partial charge in [0.1, 0.15) is 0 Å². The SMILES string of the molecule is CC(C)NC(=O)[C@@H]1CN(C(=O)c2ccsc2)CC12CCOCC2. The number of rotatable bonds is 3. The van der Waals surface area contributed by atoms with E-state index in [1.54, 1.807) is 0 Å². The minimum Gasteiger partial charge on any atom is -0.381 e. The van der Waals surface area contributed by atoms with Gasteiger partial charge in [0.2, 0.25) is 5.91 Å². The average molecular weight is 336 g/mol.